The number of aromatic nitrogens is 3. The first kappa shape index (κ1) is 23.6. The van der Waals surface area contributed by atoms with Gasteiger partial charge in [0.15, 0.2) is 5.65 Å². The number of hydrogen-bond donors (Lipinski definition) is 4. The first-order chi connectivity index (χ1) is 17.3. The molecule has 0 amide bonds. The molecule has 0 saturated heterocycles. The predicted octanol–water partition coefficient (Wildman–Crippen LogP) is 4.98. The molecule has 11 heteroatoms. The van der Waals surface area contributed by atoms with Gasteiger partial charge in [-0.2, -0.15) is 9.61 Å². The third kappa shape index (κ3) is 4.83. The second-order valence-corrected chi connectivity index (χ2v) is 10.5. The molecule has 0 fully saturated rings. The lowest BCUT2D eigenvalue weighted by molar-refractivity contribution is 0.474. The van der Waals surface area contributed by atoms with Gasteiger partial charge in [-0.15, -0.1) is 0 Å². The number of rotatable bonds is 7. The summed E-state index contributed by atoms with van der Waals surface area (Å²) in [5.41, 5.74) is 2.95. The van der Waals surface area contributed by atoms with E-state index in [9.17, 15) is 18.6 Å². The molecule has 0 radical (unpaired) electrons. The fourth-order valence-electron chi connectivity index (χ4n) is 3.67. The number of nitrogens with zero attached hydrogens (tertiary/aromatic N) is 3. The third-order valence-electron chi connectivity index (χ3n) is 5.41. The molecule has 5 rings (SSSR count). The number of hydrogen-bond acceptors (Lipinski definition) is 7. The number of anilines is 2. The van der Waals surface area contributed by atoms with Crippen LogP contribution in [0.3, 0.4) is 0 Å². The summed E-state index contributed by atoms with van der Waals surface area (Å²) in [6, 6.07) is 21.1. The maximum absolute atomic E-state index is 12.7. The molecule has 9 nitrogen and oxygen atoms in total. The van der Waals surface area contributed by atoms with Crippen LogP contribution >= 0.6 is 15.9 Å². The smallest absolute Gasteiger partial charge is 0.261 e. The van der Waals surface area contributed by atoms with Crippen molar-refractivity contribution in [2.24, 2.45) is 0 Å². The van der Waals surface area contributed by atoms with Crippen LogP contribution in [0.25, 0.3) is 16.9 Å². The van der Waals surface area contributed by atoms with Gasteiger partial charge < -0.3 is 15.5 Å². The number of phenolic OH excluding ortho intramolecular Hbond substituents is 2. The monoisotopic (exact) mass is 565 g/mol. The lowest BCUT2D eigenvalue weighted by Crippen LogP contribution is -2.13. The number of phenols is 2. The highest BCUT2D eigenvalue weighted by Crippen LogP contribution is 2.31. The molecular formula is C25H20BrN5O4S. The van der Waals surface area contributed by atoms with Crippen LogP contribution in [0, 0.1) is 0 Å². The number of halogens is 1. The fraction of sp³-hybridized carbons (Fsp3) is 0.0400. The van der Waals surface area contributed by atoms with Crippen LogP contribution in [-0.2, 0) is 16.6 Å². The van der Waals surface area contributed by atoms with Gasteiger partial charge in [-0.3, -0.25) is 4.72 Å². The second kappa shape index (κ2) is 9.51. The van der Waals surface area contributed by atoms with E-state index in [-0.39, 0.29) is 16.4 Å². The Bertz CT molecular complexity index is 1670. The summed E-state index contributed by atoms with van der Waals surface area (Å²) in [5, 5.41) is 27.4. The average molecular weight is 566 g/mol. The van der Waals surface area contributed by atoms with Crippen LogP contribution in [0.15, 0.2) is 94.4 Å². The Balaban J connectivity index is 1.40. The maximum Gasteiger partial charge on any atom is 0.261 e. The summed E-state index contributed by atoms with van der Waals surface area (Å²) in [4.78, 5) is 4.68. The van der Waals surface area contributed by atoms with E-state index < -0.39 is 10.0 Å². The molecule has 36 heavy (non-hydrogen) atoms. The summed E-state index contributed by atoms with van der Waals surface area (Å²) in [5.74, 6) is 0.741. The number of nitrogens with one attached hydrogen (secondary N) is 2. The minimum atomic E-state index is -3.81. The van der Waals surface area contributed by atoms with Crippen LogP contribution in [-0.4, -0.2) is 33.2 Å². The van der Waals surface area contributed by atoms with Crippen molar-refractivity contribution in [1.29, 1.82) is 0 Å². The van der Waals surface area contributed by atoms with Crippen molar-refractivity contribution in [1.82, 2.24) is 14.6 Å². The minimum absolute atomic E-state index is 0.0120. The van der Waals surface area contributed by atoms with Crippen molar-refractivity contribution in [3.8, 4) is 22.8 Å². The molecule has 5 aromatic rings. The van der Waals surface area contributed by atoms with Crippen molar-refractivity contribution in [3.63, 3.8) is 0 Å². The number of fused-ring (bicyclic) bond motifs is 1. The summed E-state index contributed by atoms with van der Waals surface area (Å²) in [6.07, 6.45) is 1.64. The van der Waals surface area contributed by atoms with E-state index in [1.165, 1.54) is 24.3 Å². The van der Waals surface area contributed by atoms with Gasteiger partial charge in [-0.1, -0.05) is 24.3 Å². The molecule has 0 aliphatic carbocycles. The van der Waals surface area contributed by atoms with E-state index in [2.05, 4.69) is 36.1 Å². The van der Waals surface area contributed by atoms with Crippen molar-refractivity contribution in [2.75, 3.05) is 10.0 Å². The fourth-order valence-corrected chi connectivity index (χ4v) is 5.06. The Hall–Kier alpha value is -4.09. The van der Waals surface area contributed by atoms with Crippen LogP contribution in [0.4, 0.5) is 11.5 Å². The molecule has 4 N–H and O–H groups in total. The van der Waals surface area contributed by atoms with Crippen LogP contribution < -0.4 is 10.0 Å². The van der Waals surface area contributed by atoms with Crippen molar-refractivity contribution in [3.05, 3.63) is 95.1 Å². The van der Waals surface area contributed by atoms with Crippen molar-refractivity contribution < 1.29 is 18.6 Å². The summed E-state index contributed by atoms with van der Waals surface area (Å²) in [7, 11) is -3.81. The van der Waals surface area contributed by atoms with E-state index in [0.717, 1.165) is 5.56 Å². The van der Waals surface area contributed by atoms with Gasteiger partial charge in [0.1, 0.15) is 17.3 Å². The Morgan fingerprint density at radius 3 is 2.50 bits per heavy atom. The molecule has 0 bridgehead atoms. The number of sulfonamides is 1. The lowest BCUT2D eigenvalue weighted by atomic mass is 10.1. The molecule has 0 saturated carbocycles. The zero-order valence-corrected chi connectivity index (χ0v) is 21.0. The minimum Gasteiger partial charge on any atom is -0.508 e. The Labute approximate surface area is 215 Å². The third-order valence-corrected chi connectivity index (χ3v) is 7.37. The SMILES string of the molecule is O=S(=O)(Nc1cccc(CNc2cc(-c3ccccc3O)nc3c(Br)cnn23)c1)c1ccc(O)cc1. The zero-order chi connectivity index (χ0) is 25.3. The molecule has 0 aliphatic rings. The lowest BCUT2D eigenvalue weighted by Gasteiger charge is -2.13. The molecule has 182 valence electrons. The Morgan fingerprint density at radius 2 is 1.72 bits per heavy atom. The summed E-state index contributed by atoms with van der Waals surface area (Å²) >= 11 is 3.47. The number of aromatic hydroxyl groups is 2. The van der Waals surface area contributed by atoms with Gasteiger partial charge >= 0.3 is 0 Å². The van der Waals surface area contributed by atoms with E-state index in [1.54, 1.807) is 53.2 Å². The first-order valence-corrected chi connectivity index (χ1v) is 13.0. The molecule has 0 spiro atoms. The molecule has 2 heterocycles. The second-order valence-electron chi connectivity index (χ2n) is 7.93. The quantitative estimate of drug-likeness (QED) is 0.219. The molecule has 0 aliphatic heterocycles. The van der Waals surface area contributed by atoms with Gasteiger partial charge in [0.2, 0.25) is 0 Å². The number of para-hydroxylation sites is 1. The summed E-state index contributed by atoms with van der Waals surface area (Å²) < 4.78 is 30.3. The van der Waals surface area contributed by atoms with Crippen LogP contribution in [0.2, 0.25) is 0 Å². The molecular weight excluding hydrogens is 546 g/mol. The largest absolute Gasteiger partial charge is 0.508 e. The highest BCUT2D eigenvalue weighted by atomic mass is 79.9. The Kier molecular flexibility index (Phi) is 6.25. The van der Waals surface area contributed by atoms with Crippen molar-refractivity contribution in [2.45, 2.75) is 11.4 Å². The van der Waals surface area contributed by atoms with E-state index in [1.807, 2.05) is 12.1 Å². The molecule has 3 aromatic carbocycles. The normalized spacial score (nSPS) is 11.5. The van der Waals surface area contributed by atoms with Gasteiger partial charge in [0, 0.05) is 23.9 Å². The van der Waals surface area contributed by atoms with Gasteiger partial charge in [0.25, 0.3) is 10.0 Å². The topological polar surface area (TPSA) is 129 Å². The van der Waals surface area contributed by atoms with Crippen LogP contribution in [0.1, 0.15) is 5.56 Å². The van der Waals surface area contributed by atoms with E-state index >= 15 is 0 Å². The van der Waals surface area contributed by atoms with E-state index in [0.29, 0.717) is 39.4 Å². The zero-order valence-electron chi connectivity index (χ0n) is 18.6. The molecule has 0 unspecified atom stereocenters. The highest BCUT2D eigenvalue weighted by Gasteiger charge is 2.15. The molecule has 2 aromatic heterocycles. The standard InChI is InChI=1S/C25H20BrN5O4S/c26-21-15-28-31-24(13-22(29-25(21)31)20-6-1-2-7-23(20)33)27-14-16-4-3-5-17(12-16)30-36(34,35)19-10-8-18(32)9-11-19/h1-13,15,27,30,32-33H,14H2. The van der Waals surface area contributed by atoms with E-state index in [4.69, 9.17) is 0 Å². The molecule has 0 atom stereocenters. The van der Waals surface area contributed by atoms with Gasteiger partial charge in [-0.05, 0) is 70.0 Å². The van der Waals surface area contributed by atoms with Crippen LogP contribution in [0.5, 0.6) is 11.5 Å². The number of benzene rings is 3. The Morgan fingerprint density at radius 1 is 0.944 bits per heavy atom. The first-order valence-electron chi connectivity index (χ1n) is 10.8. The predicted molar refractivity (Wildman–Crippen MR) is 140 cm³/mol. The summed E-state index contributed by atoms with van der Waals surface area (Å²) in [6.45, 7) is 0.367. The van der Waals surface area contributed by atoms with Crippen molar-refractivity contribution >= 4 is 43.1 Å². The average Bonchev–Trinajstić information content (AvgIpc) is 3.24. The highest BCUT2D eigenvalue weighted by molar-refractivity contribution is 9.10. The van der Waals surface area contributed by atoms with Gasteiger partial charge in [-0.25, -0.2) is 13.4 Å². The van der Waals surface area contributed by atoms with Gasteiger partial charge in [0.05, 0.1) is 21.3 Å². The maximum atomic E-state index is 12.7.